The van der Waals surface area contributed by atoms with Crippen molar-refractivity contribution < 1.29 is 9.59 Å². The van der Waals surface area contributed by atoms with Crippen molar-refractivity contribution >= 4 is 17.5 Å². The van der Waals surface area contributed by atoms with E-state index in [4.69, 9.17) is 0 Å². The van der Waals surface area contributed by atoms with Gasteiger partial charge in [-0.05, 0) is 43.2 Å². The van der Waals surface area contributed by atoms with Crippen LogP contribution in [0.4, 0.5) is 5.69 Å². The smallest absolute Gasteiger partial charge is 0.268 e. The highest BCUT2D eigenvalue weighted by atomic mass is 16.2. The van der Waals surface area contributed by atoms with Gasteiger partial charge in [-0.2, -0.15) is 0 Å². The average molecular weight is 252 g/mol. The molecule has 0 spiro atoms. The Hall–Kier alpha value is -2.49. The molecule has 2 amide bonds. The van der Waals surface area contributed by atoms with Crippen LogP contribution in [-0.2, 0) is 0 Å². The van der Waals surface area contributed by atoms with Gasteiger partial charge in [0.2, 0.25) is 0 Å². The number of benzene rings is 1. The van der Waals surface area contributed by atoms with Crippen LogP contribution in [-0.4, -0.2) is 16.8 Å². The number of aryl methyl sites for hydroxylation is 1. The standard InChI is InChI=1S/C15H12N2O2/c1-9-5-3-7-12(10(9)2)17-14(18)11-6-4-8-16-13(11)15(17)19/h3-8H,1-2H3. The lowest BCUT2D eigenvalue weighted by molar-refractivity contribution is 0.0924. The van der Waals surface area contributed by atoms with E-state index in [1.54, 1.807) is 18.2 Å². The molecule has 0 bridgehead atoms. The lowest BCUT2D eigenvalue weighted by atomic mass is 10.1. The predicted molar refractivity (Wildman–Crippen MR) is 71.3 cm³/mol. The van der Waals surface area contributed by atoms with Crippen molar-refractivity contribution in [3.05, 3.63) is 58.9 Å². The summed E-state index contributed by atoms with van der Waals surface area (Å²) in [7, 11) is 0. The second-order valence-electron chi connectivity index (χ2n) is 4.56. The molecule has 0 saturated carbocycles. The van der Waals surface area contributed by atoms with Crippen molar-refractivity contribution in [2.75, 3.05) is 4.90 Å². The van der Waals surface area contributed by atoms with Gasteiger partial charge in [0.25, 0.3) is 11.8 Å². The molecule has 1 aliphatic rings. The maximum atomic E-state index is 12.3. The molecule has 4 nitrogen and oxygen atoms in total. The van der Waals surface area contributed by atoms with Crippen molar-refractivity contribution in [1.29, 1.82) is 0 Å². The van der Waals surface area contributed by atoms with Gasteiger partial charge < -0.3 is 0 Å². The van der Waals surface area contributed by atoms with Crippen molar-refractivity contribution in [3.63, 3.8) is 0 Å². The number of aromatic nitrogens is 1. The van der Waals surface area contributed by atoms with E-state index >= 15 is 0 Å². The Labute approximate surface area is 110 Å². The van der Waals surface area contributed by atoms with Crippen LogP contribution in [0.1, 0.15) is 32.0 Å². The lowest BCUT2D eigenvalue weighted by Gasteiger charge is -2.17. The van der Waals surface area contributed by atoms with E-state index < -0.39 is 0 Å². The van der Waals surface area contributed by atoms with Gasteiger partial charge in [-0.25, -0.2) is 4.90 Å². The van der Waals surface area contributed by atoms with Gasteiger partial charge in [0.1, 0.15) is 5.69 Å². The zero-order valence-corrected chi connectivity index (χ0v) is 10.7. The maximum absolute atomic E-state index is 12.3. The summed E-state index contributed by atoms with van der Waals surface area (Å²) in [5, 5.41) is 0. The van der Waals surface area contributed by atoms with Crippen LogP contribution in [0, 0.1) is 13.8 Å². The van der Waals surface area contributed by atoms with Crippen LogP contribution in [0.3, 0.4) is 0 Å². The third kappa shape index (κ3) is 1.57. The molecule has 0 aliphatic carbocycles. The summed E-state index contributed by atoms with van der Waals surface area (Å²) < 4.78 is 0. The number of hydrogen-bond acceptors (Lipinski definition) is 3. The van der Waals surface area contributed by atoms with Gasteiger partial charge >= 0.3 is 0 Å². The first kappa shape index (κ1) is 11.6. The summed E-state index contributed by atoms with van der Waals surface area (Å²) in [6, 6.07) is 8.87. The summed E-state index contributed by atoms with van der Waals surface area (Å²) >= 11 is 0. The predicted octanol–water partition coefficient (Wildman–Crippen LogP) is 2.50. The first-order chi connectivity index (χ1) is 9.11. The van der Waals surface area contributed by atoms with E-state index in [1.807, 2.05) is 26.0 Å². The Kier molecular flexibility index (Phi) is 2.45. The third-order valence-corrected chi connectivity index (χ3v) is 3.46. The Morgan fingerprint density at radius 1 is 1.00 bits per heavy atom. The Balaban J connectivity index is 2.17. The molecule has 1 aromatic carbocycles. The number of imide groups is 1. The quantitative estimate of drug-likeness (QED) is 0.733. The van der Waals surface area contributed by atoms with E-state index in [2.05, 4.69) is 4.98 Å². The summed E-state index contributed by atoms with van der Waals surface area (Å²) in [5.41, 5.74) is 3.20. The molecule has 19 heavy (non-hydrogen) atoms. The van der Waals surface area contributed by atoms with Crippen molar-refractivity contribution in [2.45, 2.75) is 13.8 Å². The zero-order chi connectivity index (χ0) is 13.6. The first-order valence-electron chi connectivity index (χ1n) is 6.01. The number of anilines is 1. The number of carbonyl (C=O) groups excluding carboxylic acids is 2. The Bertz CT molecular complexity index is 672. The number of rotatable bonds is 1. The minimum absolute atomic E-state index is 0.230. The van der Waals surface area contributed by atoms with Gasteiger partial charge in [-0.1, -0.05) is 12.1 Å². The highest BCUT2D eigenvalue weighted by Gasteiger charge is 2.38. The van der Waals surface area contributed by atoms with Crippen LogP contribution in [0.2, 0.25) is 0 Å². The minimum Gasteiger partial charge on any atom is -0.268 e. The molecule has 0 fully saturated rings. The summed E-state index contributed by atoms with van der Waals surface area (Å²) in [6.45, 7) is 3.86. The fraction of sp³-hybridized carbons (Fsp3) is 0.133. The molecule has 1 aromatic heterocycles. The van der Waals surface area contributed by atoms with E-state index in [0.29, 0.717) is 11.3 Å². The molecule has 0 N–H and O–H groups in total. The molecule has 0 unspecified atom stereocenters. The Morgan fingerprint density at radius 3 is 2.53 bits per heavy atom. The molecule has 0 radical (unpaired) electrons. The van der Waals surface area contributed by atoms with E-state index in [9.17, 15) is 9.59 Å². The van der Waals surface area contributed by atoms with Crippen LogP contribution in [0.25, 0.3) is 0 Å². The number of nitrogens with zero attached hydrogens (tertiary/aromatic N) is 2. The molecular formula is C15H12N2O2. The molecule has 0 atom stereocenters. The van der Waals surface area contributed by atoms with E-state index in [0.717, 1.165) is 11.1 Å². The van der Waals surface area contributed by atoms with Crippen molar-refractivity contribution in [3.8, 4) is 0 Å². The lowest BCUT2D eigenvalue weighted by Crippen LogP contribution is -2.30. The topological polar surface area (TPSA) is 50.3 Å². The largest absolute Gasteiger partial charge is 0.284 e. The van der Waals surface area contributed by atoms with Crippen LogP contribution < -0.4 is 4.90 Å². The molecule has 94 valence electrons. The van der Waals surface area contributed by atoms with Gasteiger partial charge in [0.15, 0.2) is 0 Å². The highest BCUT2D eigenvalue weighted by Crippen LogP contribution is 2.30. The van der Waals surface area contributed by atoms with Crippen LogP contribution in [0.5, 0.6) is 0 Å². The Morgan fingerprint density at radius 2 is 1.79 bits per heavy atom. The number of fused-ring (bicyclic) bond motifs is 1. The van der Waals surface area contributed by atoms with Gasteiger partial charge in [0, 0.05) is 6.20 Å². The second kappa shape index (κ2) is 4.02. The van der Waals surface area contributed by atoms with Gasteiger partial charge in [0.05, 0.1) is 11.3 Å². The summed E-state index contributed by atoms with van der Waals surface area (Å²) in [5.74, 6) is -0.656. The number of hydrogen-bond donors (Lipinski definition) is 0. The van der Waals surface area contributed by atoms with E-state index in [1.165, 1.54) is 11.1 Å². The average Bonchev–Trinajstić information content (AvgIpc) is 2.67. The van der Waals surface area contributed by atoms with Crippen LogP contribution >= 0.6 is 0 Å². The molecule has 0 saturated heterocycles. The molecule has 4 heteroatoms. The maximum Gasteiger partial charge on any atom is 0.284 e. The van der Waals surface area contributed by atoms with Crippen LogP contribution in [0.15, 0.2) is 36.5 Å². The number of pyridine rings is 1. The van der Waals surface area contributed by atoms with Crippen molar-refractivity contribution in [2.24, 2.45) is 0 Å². The number of carbonyl (C=O) groups is 2. The molecule has 3 rings (SSSR count). The molecule has 2 aromatic rings. The summed E-state index contributed by atoms with van der Waals surface area (Å²) in [4.78, 5) is 29.9. The number of amides is 2. The second-order valence-corrected chi connectivity index (χ2v) is 4.56. The SMILES string of the molecule is Cc1cccc(N2C(=O)c3cccnc3C2=O)c1C. The third-order valence-electron chi connectivity index (χ3n) is 3.46. The molecule has 1 aliphatic heterocycles. The van der Waals surface area contributed by atoms with Crippen molar-refractivity contribution in [1.82, 2.24) is 4.98 Å². The minimum atomic E-state index is -0.352. The fourth-order valence-corrected chi connectivity index (χ4v) is 2.26. The molecule has 2 heterocycles. The first-order valence-corrected chi connectivity index (χ1v) is 6.01. The normalized spacial score (nSPS) is 13.9. The molecular weight excluding hydrogens is 240 g/mol. The van der Waals surface area contributed by atoms with Gasteiger partial charge in [-0.15, -0.1) is 0 Å². The summed E-state index contributed by atoms with van der Waals surface area (Å²) in [6.07, 6.45) is 1.52. The monoisotopic (exact) mass is 252 g/mol. The highest BCUT2D eigenvalue weighted by molar-refractivity contribution is 6.33. The van der Waals surface area contributed by atoms with E-state index in [-0.39, 0.29) is 17.5 Å². The zero-order valence-electron chi connectivity index (χ0n) is 10.7. The fourth-order valence-electron chi connectivity index (χ4n) is 2.26. The van der Waals surface area contributed by atoms with Gasteiger partial charge in [-0.3, -0.25) is 14.6 Å².